The lowest BCUT2D eigenvalue weighted by Crippen LogP contribution is -2.61. The number of ether oxygens (including phenoxy) is 2. The minimum atomic E-state index is -1.59. The maximum absolute atomic E-state index is 15.2. The van der Waals surface area contributed by atoms with Gasteiger partial charge in [0.2, 0.25) is 47.3 Å². The third-order valence-electron chi connectivity index (χ3n) is 19.4. The number of carboxylic acid groups (broad SMARTS) is 2. The number of carboxylic acids is 2. The van der Waals surface area contributed by atoms with Gasteiger partial charge in [-0.25, -0.2) is 9.59 Å². The molecule has 0 spiro atoms. The van der Waals surface area contributed by atoms with Crippen LogP contribution in [0.4, 0.5) is 0 Å². The zero-order valence-corrected chi connectivity index (χ0v) is 60.3. The molecule has 0 radical (unpaired) electrons. The highest BCUT2D eigenvalue weighted by Crippen LogP contribution is 2.29. The number of nitrogens with zero attached hydrogens (tertiary/aromatic N) is 2. The van der Waals surface area contributed by atoms with Crippen LogP contribution < -0.4 is 52.6 Å². The summed E-state index contributed by atoms with van der Waals surface area (Å²) in [6.07, 6.45) is 1.90. The number of likely N-dealkylation sites (N-methyl/N-ethyl adjacent to an activating group) is 2. The first-order valence-electron chi connectivity index (χ1n) is 35.4. The van der Waals surface area contributed by atoms with Crippen molar-refractivity contribution in [1.29, 1.82) is 0 Å². The molecule has 6 aromatic carbocycles. The summed E-state index contributed by atoms with van der Waals surface area (Å²) in [6, 6.07) is 29.3. The number of fused-ring (bicyclic) bond motifs is 1. The van der Waals surface area contributed by atoms with Crippen LogP contribution in [-0.2, 0) is 78.4 Å². The Labute approximate surface area is 610 Å². The largest absolute Gasteiger partial charge is 0.490 e. The number of amides is 9. The van der Waals surface area contributed by atoms with Gasteiger partial charge in [-0.1, -0.05) is 155 Å². The molecular formula is C79H95N11O15. The van der Waals surface area contributed by atoms with Gasteiger partial charge in [-0.2, -0.15) is 0 Å². The minimum absolute atomic E-state index is 0.0113. The normalized spacial score (nSPS) is 22.5. The predicted molar refractivity (Wildman–Crippen MR) is 393 cm³/mol. The Morgan fingerprint density at radius 1 is 0.543 bits per heavy atom. The van der Waals surface area contributed by atoms with Crippen molar-refractivity contribution in [2.45, 2.75) is 159 Å². The van der Waals surface area contributed by atoms with Gasteiger partial charge in [0.25, 0.3) is 5.91 Å². The summed E-state index contributed by atoms with van der Waals surface area (Å²) in [6.45, 7) is 9.96. The molecule has 0 aromatic heterocycles. The van der Waals surface area contributed by atoms with Crippen LogP contribution in [0, 0.1) is 5.41 Å². The summed E-state index contributed by atoms with van der Waals surface area (Å²) in [5.41, 5.74) is 3.08. The quantitative estimate of drug-likeness (QED) is 0.0606. The molecule has 6 aromatic rings. The van der Waals surface area contributed by atoms with Gasteiger partial charge < -0.3 is 77.3 Å². The van der Waals surface area contributed by atoms with Crippen LogP contribution in [0.5, 0.6) is 5.75 Å². The molecule has 6 aliphatic heterocycles. The van der Waals surface area contributed by atoms with E-state index in [1.165, 1.54) is 34.1 Å². The van der Waals surface area contributed by atoms with Gasteiger partial charge >= 0.3 is 11.9 Å². The van der Waals surface area contributed by atoms with Gasteiger partial charge in [0.05, 0.1) is 24.8 Å². The van der Waals surface area contributed by atoms with Gasteiger partial charge in [-0.15, -0.1) is 0 Å². The highest BCUT2D eigenvalue weighted by molar-refractivity contribution is 5.99. The molecule has 0 unspecified atom stereocenters. The number of rotatable bonds is 16. The molecule has 2 fully saturated rings. The smallest absolute Gasteiger partial charge is 0.326 e. The third-order valence-corrected chi connectivity index (χ3v) is 19.4. The van der Waals surface area contributed by atoms with E-state index in [-0.39, 0.29) is 76.8 Å². The summed E-state index contributed by atoms with van der Waals surface area (Å²) >= 11 is 0. The Morgan fingerprint density at radius 2 is 1.05 bits per heavy atom. The first-order valence-corrected chi connectivity index (χ1v) is 35.4. The highest BCUT2D eigenvalue weighted by Gasteiger charge is 2.47. The molecule has 11 N–H and O–H groups in total. The van der Waals surface area contributed by atoms with Crippen LogP contribution in [0.25, 0.3) is 21.9 Å². The molecular weight excluding hydrogens is 1340 g/mol. The molecule has 6 heterocycles. The fourth-order valence-electron chi connectivity index (χ4n) is 12.9. The minimum Gasteiger partial charge on any atom is -0.490 e. The number of nitrogens with one attached hydrogen (secondary N) is 9. The Hall–Kier alpha value is -10.8. The van der Waals surface area contributed by atoms with Crippen LogP contribution in [0.1, 0.15) is 93.4 Å². The first kappa shape index (κ1) is 78.3. The monoisotopic (exact) mass is 1440 g/mol. The van der Waals surface area contributed by atoms with E-state index in [1.807, 2.05) is 78.9 Å². The third kappa shape index (κ3) is 21.0. The highest BCUT2D eigenvalue weighted by atomic mass is 16.5. The second-order valence-electron chi connectivity index (χ2n) is 28.0. The van der Waals surface area contributed by atoms with Crippen molar-refractivity contribution in [2.24, 2.45) is 5.41 Å². The van der Waals surface area contributed by atoms with Gasteiger partial charge in [-0.05, 0) is 121 Å². The molecule has 12 atom stereocenters. The van der Waals surface area contributed by atoms with Crippen molar-refractivity contribution in [2.75, 3.05) is 40.4 Å². The second-order valence-corrected chi connectivity index (χ2v) is 28.0. The standard InChI is InChI=1S/C79H95N11O15/c1-9-60(83-68(91)46(2)80-7)75(98)90-45-59-43-66(90)74(97)84-61(38-48-21-28-54(29-22-48)52-17-11-10-12-18-52)71(94)86-63(77(100)101)39-49-23-31-55(32-24-49)70(93)82-57-42-65(89(44-57)76(99)67(79(4,5)6)88-69(92)47(3)81-8)73(96)85-62(41-51-25-30-53-19-13-14-20-56(53)37-51)72(95)87-64(78(102)103)40-50-26-33-58(34-27-50)104-35-15-16-36-105-59/h10-34,37,46-47,57,59-67,80-81H,9,35-36,38-45H2,1-8H3,(H,82,93)(H,83,91)(H,84,97)(H,85,96)(H,86,94)(H,87,95)(H,88,92)(H,100,101)(H,102,103)/b16-15+/t46-,47-,57-,59-,60-,61-,62-,63-,64-,65-,66-,67+/m0/s1. The maximum Gasteiger partial charge on any atom is 0.326 e. The molecule has 2 saturated heterocycles. The van der Waals surface area contributed by atoms with Crippen molar-refractivity contribution < 1.29 is 72.4 Å². The Morgan fingerprint density at radius 3 is 1.62 bits per heavy atom. The number of likely N-dealkylation sites (tertiary alicyclic amines) is 2. The molecule has 26 heteroatoms. The van der Waals surface area contributed by atoms with Crippen LogP contribution in [0.3, 0.4) is 0 Å². The molecule has 105 heavy (non-hydrogen) atoms. The number of hydrogen-bond donors (Lipinski definition) is 11. The predicted octanol–water partition coefficient (Wildman–Crippen LogP) is 4.16. The van der Waals surface area contributed by atoms with E-state index in [9.17, 15) is 53.4 Å². The molecule has 9 amide bonds. The summed E-state index contributed by atoms with van der Waals surface area (Å²) < 4.78 is 12.3. The lowest BCUT2D eigenvalue weighted by Gasteiger charge is -2.36. The molecule has 12 rings (SSSR count). The maximum atomic E-state index is 15.2. The average Bonchev–Trinajstić information content (AvgIpc) is 1.68. The molecule has 8 bridgehead atoms. The average molecular weight is 1440 g/mol. The SMILES string of the molecule is CC[C@H](NC(=O)[C@H](C)NC)C(=O)N1C[C@@H]2C[C@H]1C(=O)N[C@@H](Cc1ccc(-c3ccccc3)cc1)C(=O)N[C@H](C(=O)O)Cc1ccc(cc1)C(=O)N[C@H]1C[C@@H](C(=O)N[C@@H](Cc3ccc4ccccc4c3)C(=O)N[C@H](C(=O)O)Cc3ccc(cc3)OC/C=C/CO2)N(C(=O)[C@@H](NC(=O)[C@H](C)NC)C(C)(C)C)C1. The van der Waals surface area contributed by atoms with Gasteiger partial charge in [0.15, 0.2) is 0 Å². The molecule has 26 nitrogen and oxygen atoms in total. The van der Waals surface area contributed by atoms with Crippen LogP contribution in [0.2, 0.25) is 0 Å². The summed E-state index contributed by atoms with van der Waals surface area (Å²) in [7, 11) is 3.19. The number of hydrogen-bond acceptors (Lipinski definition) is 15. The Balaban J connectivity index is 1.04. The summed E-state index contributed by atoms with van der Waals surface area (Å²) in [5, 5.41) is 48.5. The number of carbonyl (C=O) groups excluding carboxylic acids is 9. The lowest BCUT2D eigenvalue weighted by atomic mass is 9.85. The Bertz CT molecular complexity index is 4130. The number of benzene rings is 6. The van der Waals surface area contributed by atoms with Crippen molar-refractivity contribution in [3.63, 3.8) is 0 Å². The molecule has 0 saturated carbocycles. The lowest BCUT2D eigenvalue weighted by molar-refractivity contribution is -0.145. The second kappa shape index (κ2) is 36.1. The van der Waals surface area contributed by atoms with E-state index in [1.54, 1.807) is 110 Å². The van der Waals surface area contributed by atoms with Gasteiger partial charge in [-0.3, -0.25) is 43.2 Å². The molecule has 0 aliphatic carbocycles. The zero-order valence-electron chi connectivity index (χ0n) is 60.3. The Kier molecular flexibility index (Phi) is 26.9. The van der Waals surface area contributed by atoms with Crippen LogP contribution in [-0.4, -0.2) is 198 Å². The first-order chi connectivity index (χ1) is 50.2. The zero-order chi connectivity index (χ0) is 75.6. The van der Waals surface area contributed by atoms with E-state index < -0.39 is 143 Å². The summed E-state index contributed by atoms with van der Waals surface area (Å²) in [5.74, 6) is -8.42. The number of carbonyl (C=O) groups is 11. The van der Waals surface area contributed by atoms with Crippen molar-refractivity contribution >= 4 is 75.9 Å². The van der Waals surface area contributed by atoms with Gasteiger partial charge in [0, 0.05) is 56.8 Å². The van der Waals surface area contributed by atoms with E-state index in [0.29, 0.717) is 28.0 Å². The van der Waals surface area contributed by atoms with E-state index >= 15 is 9.59 Å². The van der Waals surface area contributed by atoms with E-state index in [2.05, 4.69) is 47.9 Å². The van der Waals surface area contributed by atoms with E-state index in [0.717, 1.165) is 21.9 Å². The molecule has 6 aliphatic rings. The van der Waals surface area contributed by atoms with Gasteiger partial charge in [0.1, 0.15) is 60.7 Å². The fraction of sp³-hybridized carbons (Fsp3) is 0.405. The van der Waals surface area contributed by atoms with Crippen molar-refractivity contribution in [3.05, 3.63) is 186 Å². The number of aliphatic carboxylic acids is 2. The van der Waals surface area contributed by atoms with Crippen LogP contribution >= 0.6 is 0 Å². The van der Waals surface area contributed by atoms with Crippen molar-refractivity contribution in [1.82, 2.24) is 57.7 Å². The summed E-state index contributed by atoms with van der Waals surface area (Å²) in [4.78, 5) is 159. The van der Waals surface area contributed by atoms with E-state index in [4.69, 9.17) is 9.47 Å². The fourth-order valence-corrected chi connectivity index (χ4v) is 12.9. The topological polar surface area (TPSA) is 361 Å². The molecule has 556 valence electrons. The van der Waals surface area contributed by atoms with Crippen molar-refractivity contribution in [3.8, 4) is 16.9 Å². The van der Waals surface area contributed by atoms with Crippen LogP contribution in [0.15, 0.2) is 158 Å².